The monoisotopic (exact) mass is 247 g/mol. The highest BCUT2D eigenvalue weighted by molar-refractivity contribution is 5.09. The van der Waals surface area contributed by atoms with Crippen molar-refractivity contribution in [3.8, 4) is 0 Å². The molecule has 3 heteroatoms. The van der Waals surface area contributed by atoms with Crippen LogP contribution >= 0.6 is 0 Å². The summed E-state index contributed by atoms with van der Waals surface area (Å²) < 4.78 is 2.47. The highest BCUT2D eigenvalue weighted by Gasteiger charge is 2.29. The van der Waals surface area contributed by atoms with E-state index in [1.54, 1.807) is 0 Å². The standard InChI is InChI=1S/C15H25N3/c1-11-5-6-14(12(2)8-11)18-10-16-9-15(18)13-4-3-7-17-13/h9-14,17H,3-8H2,1-2H3/t11?,12?,13-,14?/m0/s1. The molecule has 0 amide bonds. The van der Waals surface area contributed by atoms with Crippen molar-refractivity contribution in [3.05, 3.63) is 18.2 Å². The van der Waals surface area contributed by atoms with Gasteiger partial charge in [0.05, 0.1) is 12.0 Å². The van der Waals surface area contributed by atoms with Gasteiger partial charge in [-0.25, -0.2) is 4.98 Å². The Labute approximate surface area is 110 Å². The van der Waals surface area contributed by atoms with Crippen molar-refractivity contribution in [3.63, 3.8) is 0 Å². The minimum Gasteiger partial charge on any atom is -0.330 e. The minimum atomic E-state index is 0.541. The van der Waals surface area contributed by atoms with E-state index in [9.17, 15) is 0 Å². The maximum Gasteiger partial charge on any atom is 0.0951 e. The van der Waals surface area contributed by atoms with Crippen molar-refractivity contribution in [1.29, 1.82) is 0 Å². The molecule has 1 aromatic rings. The van der Waals surface area contributed by atoms with Crippen LogP contribution < -0.4 is 5.32 Å². The first-order chi connectivity index (χ1) is 8.75. The van der Waals surface area contributed by atoms with E-state index in [2.05, 4.69) is 41.2 Å². The molecule has 3 nitrogen and oxygen atoms in total. The molecule has 18 heavy (non-hydrogen) atoms. The molecule has 0 radical (unpaired) electrons. The fraction of sp³-hybridized carbons (Fsp3) is 0.800. The van der Waals surface area contributed by atoms with E-state index in [4.69, 9.17) is 0 Å². The summed E-state index contributed by atoms with van der Waals surface area (Å²) in [6, 6.07) is 1.21. The maximum atomic E-state index is 4.42. The fourth-order valence-corrected chi connectivity index (χ4v) is 3.86. The number of hydrogen-bond acceptors (Lipinski definition) is 2. The Bertz CT molecular complexity index is 392. The number of nitrogens with zero attached hydrogens (tertiary/aromatic N) is 2. The van der Waals surface area contributed by atoms with Crippen LogP contribution in [0.15, 0.2) is 12.5 Å². The largest absolute Gasteiger partial charge is 0.330 e. The predicted octanol–water partition coefficient (Wildman–Crippen LogP) is 3.30. The second kappa shape index (κ2) is 5.04. The van der Waals surface area contributed by atoms with Gasteiger partial charge in [-0.3, -0.25) is 0 Å². The Morgan fingerprint density at radius 1 is 1.28 bits per heavy atom. The van der Waals surface area contributed by atoms with Gasteiger partial charge in [-0.15, -0.1) is 0 Å². The zero-order valence-corrected chi connectivity index (χ0v) is 11.6. The van der Waals surface area contributed by atoms with Crippen molar-refractivity contribution in [1.82, 2.24) is 14.9 Å². The van der Waals surface area contributed by atoms with E-state index in [0.29, 0.717) is 12.1 Å². The van der Waals surface area contributed by atoms with E-state index < -0.39 is 0 Å². The third-order valence-corrected chi connectivity index (χ3v) is 4.86. The molecule has 1 aromatic heterocycles. The van der Waals surface area contributed by atoms with Gasteiger partial charge in [0.15, 0.2) is 0 Å². The van der Waals surface area contributed by atoms with Crippen LogP contribution in [0.4, 0.5) is 0 Å². The van der Waals surface area contributed by atoms with Crippen LogP contribution in [0.5, 0.6) is 0 Å². The average molecular weight is 247 g/mol. The second-order valence-electron chi connectivity index (χ2n) is 6.34. The van der Waals surface area contributed by atoms with Gasteiger partial charge < -0.3 is 9.88 Å². The molecule has 100 valence electrons. The molecule has 1 aliphatic heterocycles. The normalized spacial score (nSPS) is 37.0. The minimum absolute atomic E-state index is 0.541. The summed E-state index contributed by atoms with van der Waals surface area (Å²) in [5.74, 6) is 1.68. The molecule has 0 aromatic carbocycles. The summed E-state index contributed by atoms with van der Waals surface area (Å²) >= 11 is 0. The van der Waals surface area contributed by atoms with Crippen LogP contribution in [0.25, 0.3) is 0 Å². The first kappa shape index (κ1) is 12.2. The molecular formula is C15H25N3. The van der Waals surface area contributed by atoms with Crippen molar-refractivity contribution < 1.29 is 0 Å². The molecule has 1 aliphatic carbocycles. The van der Waals surface area contributed by atoms with Gasteiger partial charge in [-0.1, -0.05) is 13.8 Å². The first-order valence-electron chi connectivity index (χ1n) is 7.51. The molecule has 3 rings (SSSR count). The summed E-state index contributed by atoms with van der Waals surface area (Å²) in [5.41, 5.74) is 1.42. The zero-order valence-electron chi connectivity index (χ0n) is 11.6. The Hall–Kier alpha value is -0.830. The molecule has 0 bridgehead atoms. The summed E-state index contributed by atoms with van der Waals surface area (Å²) in [4.78, 5) is 4.42. The molecule has 2 aliphatic rings. The predicted molar refractivity (Wildman–Crippen MR) is 73.4 cm³/mol. The van der Waals surface area contributed by atoms with E-state index in [1.165, 1.54) is 37.8 Å². The fourth-order valence-electron chi connectivity index (χ4n) is 3.86. The molecular weight excluding hydrogens is 222 g/mol. The number of nitrogens with one attached hydrogen (secondary N) is 1. The van der Waals surface area contributed by atoms with Gasteiger partial charge in [0.2, 0.25) is 0 Å². The van der Waals surface area contributed by atoms with E-state index >= 15 is 0 Å². The molecule has 4 atom stereocenters. The zero-order chi connectivity index (χ0) is 12.5. The van der Waals surface area contributed by atoms with Crippen LogP contribution in [0.3, 0.4) is 0 Å². The smallest absolute Gasteiger partial charge is 0.0951 e. The summed E-state index contributed by atoms with van der Waals surface area (Å²) in [5, 5.41) is 3.60. The lowest BCUT2D eigenvalue weighted by Crippen LogP contribution is -2.27. The van der Waals surface area contributed by atoms with Gasteiger partial charge in [0.1, 0.15) is 0 Å². The van der Waals surface area contributed by atoms with E-state index in [1.807, 2.05) is 0 Å². The van der Waals surface area contributed by atoms with Crippen molar-refractivity contribution in [2.45, 2.75) is 58.0 Å². The van der Waals surface area contributed by atoms with Crippen molar-refractivity contribution in [2.75, 3.05) is 6.54 Å². The third-order valence-electron chi connectivity index (χ3n) is 4.86. The number of imidazole rings is 1. The first-order valence-corrected chi connectivity index (χ1v) is 7.51. The Balaban J connectivity index is 1.81. The van der Waals surface area contributed by atoms with Gasteiger partial charge in [0.25, 0.3) is 0 Å². The maximum absolute atomic E-state index is 4.42. The van der Waals surface area contributed by atoms with Crippen molar-refractivity contribution in [2.24, 2.45) is 11.8 Å². The summed E-state index contributed by atoms with van der Waals surface area (Å²) in [7, 11) is 0. The number of aromatic nitrogens is 2. The lowest BCUT2D eigenvalue weighted by atomic mass is 9.79. The van der Waals surface area contributed by atoms with Gasteiger partial charge in [-0.05, 0) is 50.5 Å². The second-order valence-corrected chi connectivity index (χ2v) is 6.34. The SMILES string of the molecule is CC1CCC(n2cncc2[C@@H]2CCCN2)C(C)C1. The quantitative estimate of drug-likeness (QED) is 0.869. The Morgan fingerprint density at radius 2 is 2.17 bits per heavy atom. The lowest BCUT2D eigenvalue weighted by Gasteiger charge is -2.35. The molecule has 1 saturated heterocycles. The molecule has 0 spiro atoms. The lowest BCUT2D eigenvalue weighted by molar-refractivity contribution is 0.202. The molecule has 1 N–H and O–H groups in total. The third kappa shape index (κ3) is 2.20. The van der Waals surface area contributed by atoms with Crippen LogP contribution in [0.2, 0.25) is 0 Å². The Kier molecular flexibility index (Phi) is 3.42. The molecule has 2 heterocycles. The van der Waals surface area contributed by atoms with Gasteiger partial charge in [0, 0.05) is 18.3 Å². The Morgan fingerprint density at radius 3 is 2.89 bits per heavy atom. The van der Waals surface area contributed by atoms with Crippen LogP contribution in [0.1, 0.15) is 63.7 Å². The molecule has 3 unspecified atom stereocenters. The summed E-state index contributed by atoms with van der Waals surface area (Å²) in [6.07, 6.45) is 10.8. The molecule has 2 fully saturated rings. The van der Waals surface area contributed by atoms with Crippen LogP contribution in [0, 0.1) is 11.8 Å². The van der Waals surface area contributed by atoms with Crippen molar-refractivity contribution >= 4 is 0 Å². The van der Waals surface area contributed by atoms with Crippen LogP contribution in [-0.4, -0.2) is 16.1 Å². The van der Waals surface area contributed by atoms with E-state index in [0.717, 1.165) is 18.4 Å². The average Bonchev–Trinajstić information content (AvgIpc) is 2.98. The van der Waals surface area contributed by atoms with Gasteiger partial charge in [-0.2, -0.15) is 0 Å². The number of hydrogen-bond donors (Lipinski definition) is 1. The number of rotatable bonds is 2. The molecule has 1 saturated carbocycles. The highest BCUT2D eigenvalue weighted by atomic mass is 15.1. The van der Waals surface area contributed by atoms with E-state index in [-0.39, 0.29) is 0 Å². The summed E-state index contributed by atoms with van der Waals surface area (Å²) in [6.45, 7) is 5.96. The highest BCUT2D eigenvalue weighted by Crippen LogP contribution is 2.38. The van der Waals surface area contributed by atoms with Gasteiger partial charge >= 0.3 is 0 Å². The topological polar surface area (TPSA) is 29.9 Å². The van der Waals surface area contributed by atoms with Crippen LogP contribution in [-0.2, 0) is 0 Å².